The predicted octanol–water partition coefficient (Wildman–Crippen LogP) is -0.0324. The average molecular weight is 260 g/mol. The highest BCUT2D eigenvalue weighted by Crippen LogP contribution is 2.16. The van der Waals surface area contributed by atoms with E-state index in [0.717, 1.165) is 11.0 Å². The third-order valence-electron chi connectivity index (χ3n) is 3.64. The summed E-state index contributed by atoms with van der Waals surface area (Å²) in [5.41, 5.74) is 2.27. The smallest absolute Gasteiger partial charge is 0.254 e. The zero-order valence-electron chi connectivity index (χ0n) is 10.6. The summed E-state index contributed by atoms with van der Waals surface area (Å²) in [6, 6.07) is 5.19. The Balaban J connectivity index is 1.86. The fraction of sp³-hybridized carbons (Fsp3) is 0.385. The van der Waals surface area contributed by atoms with E-state index in [-0.39, 0.29) is 11.9 Å². The maximum atomic E-state index is 12.4. The van der Waals surface area contributed by atoms with Crippen LogP contribution in [0.1, 0.15) is 10.4 Å². The van der Waals surface area contributed by atoms with Crippen LogP contribution in [-0.2, 0) is 0 Å². The van der Waals surface area contributed by atoms with Gasteiger partial charge in [0.05, 0.1) is 29.5 Å². The number of likely N-dealkylation sites (N-methyl/N-ethyl adjacent to an activating group) is 1. The first-order chi connectivity index (χ1) is 9.16. The summed E-state index contributed by atoms with van der Waals surface area (Å²) >= 11 is 0. The molecule has 3 N–H and O–H groups in total. The zero-order chi connectivity index (χ0) is 13.4. The van der Waals surface area contributed by atoms with Gasteiger partial charge in [0.1, 0.15) is 0 Å². The fourth-order valence-corrected chi connectivity index (χ4v) is 2.47. The number of aromatic amines is 1. The molecule has 6 heteroatoms. The summed E-state index contributed by atoms with van der Waals surface area (Å²) in [4.78, 5) is 21.1. The highest BCUT2D eigenvalue weighted by molar-refractivity contribution is 5.97. The Hall–Kier alpha value is -1.92. The van der Waals surface area contributed by atoms with E-state index in [1.807, 2.05) is 6.07 Å². The molecule has 100 valence electrons. The van der Waals surface area contributed by atoms with Gasteiger partial charge >= 0.3 is 0 Å². The van der Waals surface area contributed by atoms with Gasteiger partial charge in [-0.2, -0.15) is 0 Å². The number of nitrogens with one attached hydrogen (secondary N) is 2. The van der Waals surface area contributed by atoms with Gasteiger partial charge in [-0.05, 0) is 18.2 Å². The number of rotatable bonds is 2. The zero-order valence-corrected chi connectivity index (χ0v) is 10.6. The molecular formula is C13H16N4O2. The van der Waals surface area contributed by atoms with Crippen LogP contribution in [0.15, 0.2) is 24.5 Å². The second-order valence-electron chi connectivity index (χ2n) is 4.84. The van der Waals surface area contributed by atoms with Gasteiger partial charge in [0.25, 0.3) is 5.91 Å². The largest absolute Gasteiger partial charge is 0.390 e. The molecule has 19 heavy (non-hydrogen) atoms. The Bertz CT molecular complexity index is 609. The molecule has 2 aromatic rings. The van der Waals surface area contributed by atoms with Gasteiger partial charge in [-0.25, -0.2) is 4.98 Å². The minimum atomic E-state index is -0.509. The summed E-state index contributed by atoms with van der Waals surface area (Å²) in [6.07, 6.45) is 1.10. The van der Waals surface area contributed by atoms with E-state index in [4.69, 9.17) is 0 Å². The van der Waals surface area contributed by atoms with Crippen LogP contribution in [0.25, 0.3) is 11.0 Å². The predicted molar refractivity (Wildman–Crippen MR) is 70.9 cm³/mol. The molecule has 0 unspecified atom stereocenters. The van der Waals surface area contributed by atoms with E-state index >= 15 is 0 Å². The highest BCUT2D eigenvalue weighted by atomic mass is 16.3. The molecule has 1 aliphatic heterocycles. The summed E-state index contributed by atoms with van der Waals surface area (Å²) < 4.78 is 0. The molecule has 3 rings (SSSR count). The molecule has 2 atom stereocenters. The van der Waals surface area contributed by atoms with E-state index in [1.54, 1.807) is 30.4 Å². The molecule has 0 bridgehead atoms. The number of fused-ring (bicyclic) bond motifs is 1. The van der Waals surface area contributed by atoms with Crippen molar-refractivity contribution in [1.82, 2.24) is 20.2 Å². The van der Waals surface area contributed by atoms with Crippen molar-refractivity contribution in [3.05, 3.63) is 30.1 Å². The molecule has 1 saturated heterocycles. The second-order valence-corrected chi connectivity index (χ2v) is 4.84. The van der Waals surface area contributed by atoms with E-state index in [1.165, 1.54) is 0 Å². The molecule has 1 aliphatic rings. The monoisotopic (exact) mass is 260 g/mol. The highest BCUT2D eigenvalue weighted by Gasteiger charge is 2.31. The van der Waals surface area contributed by atoms with Crippen LogP contribution < -0.4 is 5.32 Å². The Morgan fingerprint density at radius 1 is 1.47 bits per heavy atom. The number of H-pyrrole nitrogens is 1. The van der Waals surface area contributed by atoms with Crippen LogP contribution in [0.4, 0.5) is 0 Å². The Morgan fingerprint density at radius 2 is 2.32 bits per heavy atom. The summed E-state index contributed by atoms with van der Waals surface area (Å²) in [5, 5.41) is 12.9. The summed E-state index contributed by atoms with van der Waals surface area (Å²) in [5.74, 6) is -0.0933. The number of benzene rings is 1. The number of aliphatic hydroxyl groups is 1. The van der Waals surface area contributed by atoms with E-state index in [9.17, 15) is 9.90 Å². The minimum absolute atomic E-state index is 0.0933. The SMILES string of the molecule is CN(C(=O)c1ccc2nc[nH]c2c1)[C@H]1CNC[C@@H]1O. The molecule has 1 aromatic carbocycles. The van der Waals surface area contributed by atoms with Crippen molar-refractivity contribution < 1.29 is 9.90 Å². The lowest BCUT2D eigenvalue weighted by Gasteiger charge is -2.26. The number of hydrogen-bond donors (Lipinski definition) is 3. The molecule has 0 radical (unpaired) electrons. The number of aliphatic hydroxyl groups excluding tert-OH is 1. The number of carbonyl (C=O) groups is 1. The number of β-amino-alcohol motifs (C(OH)–C–C–N with tert-alkyl or cyclic N) is 1. The molecule has 1 aromatic heterocycles. The van der Waals surface area contributed by atoms with Gasteiger partial charge < -0.3 is 20.3 Å². The number of nitrogens with zero attached hydrogens (tertiary/aromatic N) is 2. The lowest BCUT2D eigenvalue weighted by molar-refractivity contribution is 0.0581. The lowest BCUT2D eigenvalue weighted by atomic mass is 10.1. The van der Waals surface area contributed by atoms with Gasteiger partial charge in [0, 0.05) is 25.7 Å². The van der Waals surface area contributed by atoms with Crippen molar-refractivity contribution in [2.75, 3.05) is 20.1 Å². The molecule has 1 amide bonds. The molecule has 6 nitrogen and oxygen atoms in total. The van der Waals surface area contributed by atoms with E-state index < -0.39 is 6.10 Å². The number of amides is 1. The maximum Gasteiger partial charge on any atom is 0.254 e. The molecule has 1 fully saturated rings. The molecule has 2 heterocycles. The first-order valence-electron chi connectivity index (χ1n) is 6.26. The van der Waals surface area contributed by atoms with Gasteiger partial charge in [0.15, 0.2) is 0 Å². The van der Waals surface area contributed by atoms with Crippen molar-refractivity contribution in [2.24, 2.45) is 0 Å². The van der Waals surface area contributed by atoms with Crippen molar-refractivity contribution >= 4 is 16.9 Å². The van der Waals surface area contributed by atoms with Crippen molar-refractivity contribution in [3.63, 3.8) is 0 Å². The quantitative estimate of drug-likeness (QED) is 0.708. The summed E-state index contributed by atoms with van der Waals surface area (Å²) in [6.45, 7) is 1.15. The van der Waals surface area contributed by atoms with Gasteiger partial charge in [0.2, 0.25) is 0 Å². The maximum absolute atomic E-state index is 12.4. The van der Waals surface area contributed by atoms with E-state index in [0.29, 0.717) is 18.7 Å². The Kier molecular flexibility index (Phi) is 2.96. The van der Waals surface area contributed by atoms with Crippen LogP contribution in [-0.4, -0.2) is 58.2 Å². The standard InChI is InChI=1S/C13H16N4O2/c1-17(11-5-14-6-12(11)18)13(19)8-2-3-9-10(4-8)16-7-15-9/h2-4,7,11-12,14,18H,5-6H2,1H3,(H,15,16)/t11-,12-/m0/s1. The first-order valence-corrected chi connectivity index (χ1v) is 6.26. The first kappa shape index (κ1) is 12.1. The minimum Gasteiger partial charge on any atom is -0.390 e. The van der Waals surface area contributed by atoms with Crippen LogP contribution in [0.3, 0.4) is 0 Å². The number of imidazole rings is 1. The topological polar surface area (TPSA) is 81.2 Å². The van der Waals surface area contributed by atoms with Crippen LogP contribution >= 0.6 is 0 Å². The van der Waals surface area contributed by atoms with Gasteiger partial charge in [-0.3, -0.25) is 4.79 Å². The van der Waals surface area contributed by atoms with Crippen LogP contribution in [0.5, 0.6) is 0 Å². The molecule has 0 aliphatic carbocycles. The van der Waals surface area contributed by atoms with Gasteiger partial charge in [-0.1, -0.05) is 0 Å². The second kappa shape index (κ2) is 4.64. The van der Waals surface area contributed by atoms with Crippen molar-refractivity contribution in [2.45, 2.75) is 12.1 Å². The third-order valence-corrected chi connectivity index (χ3v) is 3.64. The molecule has 0 saturated carbocycles. The number of aromatic nitrogens is 2. The Morgan fingerprint density at radius 3 is 3.05 bits per heavy atom. The van der Waals surface area contributed by atoms with Crippen molar-refractivity contribution in [3.8, 4) is 0 Å². The molecular weight excluding hydrogens is 244 g/mol. The number of carbonyl (C=O) groups excluding carboxylic acids is 1. The average Bonchev–Trinajstić information content (AvgIpc) is 3.04. The number of hydrogen-bond acceptors (Lipinski definition) is 4. The fourth-order valence-electron chi connectivity index (χ4n) is 2.47. The van der Waals surface area contributed by atoms with E-state index in [2.05, 4.69) is 15.3 Å². The van der Waals surface area contributed by atoms with Crippen molar-refractivity contribution in [1.29, 1.82) is 0 Å². The normalized spacial score (nSPS) is 22.8. The molecule has 0 spiro atoms. The summed E-state index contributed by atoms with van der Waals surface area (Å²) in [7, 11) is 1.72. The lowest BCUT2D eigenvalue weighted by Crippen LogP contribution is -2.44. The third kappa shape index (κ3) is 2.09. The van der Waals surface area contributed by atoms with Gasteiger partial charge in [-0.15, -0.1) is 0 Å². The van der Waals surface area contributed by atoms with Crippen LogP contribution in [0.2, 0.25) is 0 Å². The van der Waals surface area contributed by atoms with Crippen LogP contribution in [0, 0.1) is 0 Å². The Labute approximate surface area is 110 Å².